The van der Waals surface area contributed by atoms with E-state index in [1.165, 1.54) is 0 Å². The van der Waals surface area contributed by atoms with Crippen LogP contribution in [-0.4, -0.2) is 23.0 Å². The molecule has 0 radical (unpaired) electrons. The standard InChI is InChI=1S/C13H19N3O2/c1-8-4-5-9(2)11(6-8)13(17)15-10(3)7-12(14)16-18/h4-6,10,18H,7H2,1-3H3,(H2,14,16)(H,15,17). The zero-order chi connectivity index (χ0) is 13.7. The summed E-state index contributed by atoms with van der Waals surface area (Å²) in [5, 5.41) is 14.2. The van der Waals surface area contributed by atoms with Crippen LogP contribution in [0.15, 0.2) is 23.4 Å². The summed E-state index contributed by atoms with van der Waals surface area (Å²) in [6, 6.07) is 5.54. The number of hydrogen-bond donors (Lipinski definition) is 3. The Bertz CT molecular complexity index is 469. The van der Waals surface area contributed by atoms with Crippen molar-refractivity contribution in [1.82, 2.24) is 5.32 Å². The van der Waals surface area contributed by atoms with Crippen LogP contribution in [0, 0.1) is 13.8 Å². The van der Waals surface area contributed by atoms with Crippen molar-refractivity contribution < 1.29 is 10.0 Å². The van der Waals surface area contributed by atoms with E-state index in [1.807, 2.05) is 32.0 Å². The molecule has 0 fully saturated rings. The molecule has 0 heterocycles. The Labute approximate surface area is 107 Å². The van der Waals surface area contributed by atoms with Crippen molar-refractivity contribution in [2.45, 2.75) is 33.2 Å². The molecule has 5 heteroatoms. The van der Waals surface area contributed by atoms with Gasteiger partial charge in [0.05, 0.1) is 0 Å². The summed E-state index contributed by atoms with van der Waals surface area (Å²) >= 11 is 0. The van der Waals surface area contributed by atoms with Crippen LogP contribution in [0.25, 0.3) is 0 Å². The molecule has 0 saturated carbocycles. The highest BCUT2D eigenvalue weighted by molar-refractivity contribution is 5.96. The van der Waals surface area contributed by atoms with Crippen molar-refractivity contribution in [3.8, 4) is 0 Å². The Balaban J connectivity index is 2.73. The van der Waals surface area contributed by atoms with Gasteiger partial charge in [-0.1, -0.05) is 22.9 Å². The van der Waals surface area contributed by atoms with Crippen LogP contribution in [-0.2, 0) is 0 Å². The van der Waals surface area contributed by atoms with Crippen LogP contribution < -0.4 is 11.1 Å². The molecule has 0 aliphatic heterocycles. The molecular weight excluding hydrogens is 230 g/mol. The summed E-state index contributed by atoms with van der Waals surface area (Å²) in [6.45, 7) is 5.64. The van der Waals surface area contributed by atoms with Gasteiger partial charge in [0, 0.05) is 18.0 Å². The molecule has 4 N–H and O–H groups in total. The first-order valence-electron chi connectivity index (χ1n) is 5.78. The van der Waals surface area contributed by atoms with Crippen LogP contribution in [0.3, 0.4) is 0 Å². The van der Waals surface area contributed by atoms with Gasteiger partial charge in [0.2, 0.25) is 0 Å². The Morgan fingerprint density at radius 2 is 2.17 bits per heavy atom. The predicted octanol–water partition coefficient (Wildman–Crippen LogP) is 1.56. The monoisotopic (exact) mass is 249 g/mol. The van der Waals surface area contributed by atoms with E-state index in [0.717, 1.165) is 11.1 Å². The normalized spacial score (nSPS) is 13.2. The van der Waals surface area contributed by atoms with E-state index in [-0.39, 0.29) is 17.8 Å². The number of oxime groups is 1. The van der Waals surface area contributed by atoms with E-state index in [4.69, 9.17) is 10.9 Å². The molecule has 1 rings (SSSR count). The first kappa shape index (κ1) is 14.0. The largest absolute Gasteiger partial charge is 0.409 e. The van der Waals surface area contributed by atoms with E-state index >= 15 is 0 Å². The number of nitrogens with zero attached hydrogens (tertiary/aromatic N) is 1. The van der Waals surface area contributed by atoms with Crippen molar-refractivity contribution in [2.75, 3.05) is 0 Å². The molecule has 1 unspecified atom stereocenters. The van der Waals surface area contributed by atoms with Gasteiger partial charge in [0.15, 0.2) is 0 Å². The van der Waals surface area contributed by atoms with Gasteiger partial charge in [-0.25, -0.2) is 0 Å². The van der Waals surface area contributed by atoms with E-state index in [0.29, 0.717) is 12.0 Å². The number of nitrogens with one attached hydrogen (secondary N) is 1. The van der Waals surface area contributed by atoms with Gasteiger partial charge in [-0.05, 0) is 32.4 Å². The lowest BCUT2D eigenvalue weighted by Crippen LogP contribution is -2.36. The van der Waals surface area contributed by atoms with Crippen molar-refractivity contribution in [3.63, 3.8) is 0 Å². The summed E-state index contributed by atoms with van der Waals surface area (Å²) in [4.78, 5) is 12.0. The number of amidine groups is 1. The third-order valence-electron chi connectivity index (χ3n) is 2.66. The van der Waals surface area contributed by atoms with Gasteiger partial charge in [-0.15, -0.1) is 0 Å². The molecular formula is C13H19N3O2. The van der Waals surface area contributed by atoms with E-state index in [1.54, 1.807) is 6.92 Å². The van der Waals surface area contributed by atoms with Crippen LogP contribution in [0.2, 0.25) is 0 Å². The van der Waals surface area contributed by atoms with Crippen molar-refractivity contribution in [1.29, 1.82) is 0 Å². The van der Waals surface area contributed by atoms with Crippen LogP contribution in [0.4, 0.5) is 0 Å². The van der Waals surface area contributed by atoms with Crippen molar-refractivity contribution in [2.24, 2.45) is 10.9 Å². The third-order valence-corrected chi connectivity index (χ3v) is 2.66. The minimum absolute atomic E-state index is 0.101. The average molecular weight is 249 g/mol. The summed E-state index contributed by atoms with van der Waals surface area (Å²) < 4.78 is 0. The Hall–Kier alpha value is -2.04. The molecule has 1 aromatic carbocycles. The number of carbonyl (C=O) groups is 1. The second kappa shape index (κ2) is 6.05. The smallest absolute Gasteiger partial charge is 0.251 e. The predicted molar refractivity (Wildman–Crippen MR) is 70.9 cm³/mol. The number of aryl methyl sites for hydroxylation is 2. The first-order valence-corrected chi connectivity index (χ1v) is 5.78. The fraction of sp³-hybridized carbons (Fsp3) is 0.385. The summed E-state index contributed by atoms with van der Waals surface area (Å²) in [5.74, 6) is -0.0433. The summed E-state index contributed by atoms with van der Waals surface area (Å²) in [7, 11) is 0. The maximum Gasteiger partial charge on any atom is 0.251 e. The fourth-order valence-electron chi connectivity index (χ4n) is 1.69. The van der Waals surface area contributed by atoms with Gasteiger partial charge >= 0.3 is 0 Å². The molecule has 5 nitrogen and oxygen atoms in total. The average Bonchev–Trinajstić information content (AvgIpc) is 2.31. The van der Waals surface area contributed by atoms with Crippen LogP contribution in [0.1, 0.15) is 34.8 Å². The van der Waals surface area contributed by atoms with Gasteiger partial charge in [-0.2, -0.15) is 0 Å². The number of benzene rings is 1. The van der Waals surface area contributed by atoms with Crippen LogP contribution >= 0.6 is 0 Å². The molecule has 0 aliphatic rings. The molecule has 0 bridgehead atoms. The summed E-state index contributed by atoms with van der Waals surface area (Å²) in [5.41, 5.74) is 8.01. The minimum Gasteiger partial charge on any atom is -0.409 e. The number of carbonyl (C=O) groups excluding carboxylic acids is 1. The van der Waals surface area contributed by atoms with Crippen molar-refractivity contribution >= 4 is 11.7 Å². The number of amides is 1. The fourth-order valence-corrected chi connectivity index (χ4v) is 1.69. The molecule has 0 aromatic heterocycles. The second-order valence-electron chi connectivity index (χ2n) is 4.49. The SMILES string of the molecule is Cc1ccc(C)c(C(=O)NC(C)CC(N)=NO)c1. The summed E-state index contributed by atoms with van der Waals surface area (Å²) in [6.07, 6.45) is 0.313. The molecule has 0 spiro atoms. The maximum absolute atomic E-state index is 12.0. The van der Waals surface area contributed by atoms with Gasteiger partial charge in [-0.3, -0.25) is 4.79 Å². The first-order chi connectivity index (χ1) is 8.43. The number of nitrogens with two attached hydrogens (primary N) is 1. The number of rotatable bonds is 4. The molecule has 18 heavy (non-hydrogen) atoms. The lowest BCUT2D eigenvalue weighted by molar-refractivity contribution is 0.0940. The topological polar surface area (TPSA) is 87.7 Å². The van der Waals surface area contributed by atoms with Crippen molar-refractivity contribution in [3.05, 3.63) is 34.9 Å². The number of hydrogen-bond acceptors (Lipinski definition) is 3. The zero-order valence-electron chi connectivity index (χ0n) is 10.9. The quantitative estimate of drug-likeness (QED) is 0.327. The molecule has 1 aromatic rings. The Morgan fingerprint density at radius 3 is 2.78 bits per heavy atom. The highest BCUT2D eigenvalue weighted by Crippen LogP contribution is 2.10. The third kappa shape index (κ3) is 3.76. The molecule has 1 amide bonds. The van der Waals surface area contributed by atoms with E-state index in [9.17, 15) is 4.79 Å². The van der Waals surface area contributed by atoms with Gasteiger partial charge in [0.25, 0.3) is 5.91 Å². The second-order valence-corrected chi connectivity index (χ2v) is 4.49. The molecule has 1 atom stereocenters. The minimum atomic E-state index is -0.187. The molecule has 0 aliphatic carbocycles. The van der Waals surface area contributed by atoms with E-state index < -0.39 is 0 Å². The highest BCUT2D eigenvalue weighted by Gasteiger charge is 2.13. The van der Waals surface area contributed by atoms with Crippen LogP contribution in [0.5, 0.6) is 0 Å². The Morgan fingerprint density at radius 1 is 1.50 bits per heavy atom. The van der Waals surface area contributed by atoms with Gasteiger partial charge < -0.3 is 16.3 Å². The van der Waals surface area contributed by atoms with Gasteiger partial charge in [0.1, 0.15) is 5.84 Å². The molecule has 98 valence electrons. The zero-order valence-corrected chi connectivity index (χ0v) is 10.9. The van der Waals surface area contributed by atoms with E-state index in [2.05, 4.69) is 10.5 Å². The molecule has 0 saturated heterocycles. The lowest BCUT2D eigenvalue weighted by Gasteiger charge is -2.14. The Kier molecular flexibility index (Phi) is 4.71. The highest BCUT2D eigenvalue weighted by atomic mass is 16.4. The lowest BCUT2D eigenvalue weighted by atomic mass is 10.0. The maximum atomic E-state index is 12.0.